The third kappa shape index (κ3) is 0.482. The van der Waals surface area contributed by atoms with Gasteiger partial charge in [-0.2, -0.15) is 0 Å². The molecule has 1 heterocycles. The maximum Gasteiger partial charge on any atom is 0.401 e. The van der Waals surface area contributed by atoms with E-state index in [2.05, 4.69) is 4.67 Å². The van der Waals surface area contributed by atoms with Gasteiger partial charge in [-0.1, -0.05) is 4.67 Å². The quantitative estimate of drug-likeness (QED) is 0.403. The zero-order chi connectivity index (χ0) is 4.57. The van der Waals surface area contributed by atoms with Crippen LogP contribution in [0.1, 0.15) is 6.92 Å². The fourth-order valence-electron chi connectivity index (χ4n) is 0.272. The van der Waals surface area contributed by atoms with Crippen LogP contribution in [-0.4, -0.2) is 18.0 Å². The minimum Gasteiger partial charge on any atom is -0.318 e. The molecule has 0 saturated heterocycles. The van der Waals surface area contributed by atoms with E-state index in [-0.39, 0.29) is 6.04 Å². The van der Waals surface area contributed by atoms with Crippen molar-refractivity contribution in [1.82, 2.24) is 4.67 Å². The zero-order valence-corrected chi connectivity index (χ0v) is 3.68. The summed E-state index contributed by atoms with van der Waals surface area (Å²) in [5.41, 5.74) is 6.37. The summed E-state index contributed by atoms with van der Waals surface area (Å²) < 4.78 is 3.77. The van der Waals surface area contributed by atoms with Gasteiger partial charge in [0.05, 0.1) is 0 Å². The molecule has 0 aromatic carbocycles. The van der Waals surface area contributed by atoms with Crippen molar-refractivity contribution in [2.24, 2.45) is 5.73 Å². The highest BCUT2D eigenvalue weighted by atomic mass is 14.8. The Kier molecular flexibility index (Phi) is 0.560. The van der Waals surface area contributed by atoms with E-state index in [0.29, 0.717) is 0 Å². The molecule has 1 unspecified atom stereocenters. The van der Waals surface area contributed by atoms with Crippen LogP contribution < -0.4 is 10.4 Å². The number of hydrogen-bond donors (Lipinski definition) is 1. The van der Waals surface area contributed by atoms with E-state index in [4.69, 9.17) is 5.73 Å². The van der Waals surface area contributed by atoms with Gasteiger partial charge in [-0.05, 0) is 6.92 Å². The van der Waals surface area contributed by atoms with Crippen molar-refractivity contribution in [3.05, 3.63) is 0 Å². The first kappa shape index (κ1) is 3.59. The summed E-state index contributed by atoms with van der Waals surface area (Å²) in [7, 11) is 0. The molecule has 0 aromatic rings. The molecule has 2 heteroatoms. The van der Waals surface area contributed by atoms with Gasteiger partial charge in [0.15, 0.2) is 0 Å². The lowest BCUT2D eigenvalue weighted by Gasteiger charge is -1.77. The third-order valence-electron chi connectivity index (χ3n) is 0.745. The average molecular weight is 83.1 g/mol. The van der Waals surface area contributed by atoms with Crippen LogP contribution in [0.3, 0.4) is 0 Å². The zero-order valence-electron chi connectivity index (χ0n) is 3.68. The molecule has 1 atom stereocenters. The maximum absolute atomic E-state index is 5.34. The second kappa shape index (κ2) is 0.934. The van der Waals surface area contributed by atoms with Crippen LogP contribution in [0.25, 0.3) is 0 Å². The summed E-state index contributed by atoms with van der Waals surface area (Å²) in [6.45, 7) is 1.92. The van der Waals surface area contributed by atoms with E-state index in [1.807, 2.05) is 6.92 Å². The van der Waals surface area contributed by atoms with E-state index < -0.39 is 0 Å². The number of rotatable bonds is 1. The minimum atomic E-state index is 0.157. The summed E-state index contributed by atoms with van der Waals surface area (Å²) in [6.07, 6.45) is 1.78. The fourth-order valence-corrected chi connectivity index (χ4v) is 0.272. The van der Waals surface area contributed by atoms with Gasteiger partial charge in [-0.15, -0.1) is 0 Å². The summed E-state index contributed by atoms with van der Waals surface area (Å²) in [5.74, 6) is 0. The maximum atomic E-state index is 5.34. The molecule has 0 amide bonds. The smallest absolute Gasteiger partial charge is 0.318 e. The normalized spacial score (nSPS) is 20.0. The summed E-state index contributed by atoms with van der Waals surface area (Å²) in [6, 6.07) is 0.157. The molecule has 1 aliphatic heterocycles. The van der Waals surface area contributed by atoms with E-state index in [1.165, 1.54) is 0 Å². The number of nitrogens with zero attached hydrogens (tertiary/aromatic N) is 1. The van der Waals surface area contributed by atoms with E-state index in [0.717, 1.165) is 5.71 Å². The topological polar surface area (TPSA) is 40.1 Å². The van der Waals surface area contributed by atoms with E-state index in [1.54, 1.807) is 6.21 Å². The van der Waals surface area contributed by atoms with E-state index >= 15 is 0 Å². The number of nitrogens with two attached hydrogens (primary N) is 1. The molecule has 0 radical (unpaired) electrons. The molecular formula is C4H7N2+. The highest BCUT2D eigenvalue weighted by molar-refractivity contribution is 6.41. The first-order valence-electron chi connectivity index (χ1n) is 1.97. The highest BCUT2D eigenvalue weighted by Crippen LogP contribution is 1.77. The SMILES string of the molecule is CC(N)C1=[N+]=C1. The Bertz CT molecular complexity index is 118. The number of hydrogen-bond acceptors (Lipinski definition) is 1. The van der Waals surface area contributed by atoms with Crippen LogP contribution in [0, 0.1) is 0 Å². The molecule has 0 saturated carbocycles. The fraction of sp³-hybridized carbons (Fsp3) is 0.500. The van der Waals surface area contributed by atoms with Crippen LogP contribution in [-0.2, 0) is 0 Å². The molecule has 2 nitrogen and oxygen atoms in total. The Morgan fingerprint density at radius 2 is 2.50 bits per heavy atom. The first-order valence-corrected chi connectivity index (χ1v) is 1.97. The third-order valence-corrected chi connectivity index (χ3v) is 0.745. The van der Waals surface area contributed by atoms with Gasteiger partial charge >= 0.3 is 11.9 Å². The predicted octanol–water partition coefficient (Wildman–Crippen LogP) is -1.07. The Labute approximate surface area is 36.4 Å². The molecule has 0 spiro atoms. The minimum absolute atomic E-state index is 0.157. The van der Waals surface area contributed by atoms with Gasteiger partial charge in [0.25, 0.3) is 0 Å². The molecule has 0 aromatic heterocycles. The Morgan fingerprint density at radius 3 is 2.50 bits per heavy atom. The molecule has 2 N–H and O–H groups in total. The van der Waals surface area contributed by atoms with Gasteiger partial charge in [0, 0.05) is 0 Å². The van der Waals surface area contributed by atoms with E-state index in [9.17, 15) is 0 Å². The van der Waals surface area contributed by atoms with Crippen LogP contribution in [0.2, 0.25) is 0 Å². The Morgan fingerprint density at radius 1 is 2.00 bits per heavy atom. The van der Waals surface area contributed by atoms with Gasteiger partial charge < -0.3 is 5.73 Å². The predicted molar refractivity (Wildman–Crippen MR) is 26.9 cm³/mol. The first-order chi connectivity index (χ1) is 2.80. The molecule has 0 fully saturated rings. The van der Waals surface area contributed by atoms with Gasteiger partial charge in [0.1, 0.15) is 6.04 Å². The van der Waals surface area contributed by atoms with Crippen molar-refractivity contribution >= 4 is 11.9 Å². The molecule has 6 heavy (non-hydrogen) atoms. The second-order valence-corrected chi connectivity index (χ2v) is 1.47. The lowest BCUT2D eigenvalue weighted by Crippen LogP contribution is -2.21. The van der Waals surface area contributed by atoms with Crippen LogP contribution >= 0.6 is 0 Å². The van der Waals surface area contributed by atoms with Crippen molar-refractivity contribution in [2.75, 3.05) is 0 Å². The van der Waals surface area contributed by atoms with Crippen molar-refractivity contribution < 1.29 is 0 Å². The van der Waals surface area contributed by atoms with Crippen LogP contribution in [0.4, 0.5) is 0 Å². The molecule has 32 valence electrons. The highest BCUT2D eigenvalue weighted by Gasteiger charge is 2.26. The second-order valence-electron chi connectivity index (χ2n) is 1.47. The molecule has 1 rings (SSSR count). The lowest BCUT2D eigenvalue weighted by molar-refractivity contribution is 0.994. The Hall–Kier alpha value is -0.590. The standard InChI is InChI=1S/C4H7N2/c1-3(5)4-2-6-4/h2-3H,5H2,1H3/q+1. The molecule has 0 bridgehead atoms. The lowest BCUT2D eigenvalue weighted by atomic mass is 10.3. The van der Waals surface area contributed by atoms with Crippen molar-refractivity contribution in [1.29, 1.82) is 0 Å². The van der Waals surface area contributed by atoms with Crippen LogP contribution in [0.15, 0.2) is 0 Å². The Balaban J connectivity index is 2.35. The van der Waals surface area contributed by atoms with Crippen LogP contribution in [0.5, 0.6) is 0 Å². The van der Waals surface area contributed by atoms with Crippen molar-refractivity contribution in [2.45, 2.75) is 13.0 Å². The summed E-state index contributed by atoms with van der Waals surface area (Å²) in [5, 5.41) is 0. The van der Waals surface area contributed by atoms with Gasteiger partial charge in [-0.25, -0.2) is 0 Å². The molecular weight excluding hydrogens is 76.1 g/mol. The summed E-state index contributed by atoms with van der Waals surface area (Å²) in [4.78, 5) is 0. The van der Waals surface area contributed by atoms with Gasteiger partial charge in [-0.3, -0.25) is 0 Å². The van der Waals surface area contributed by atoms with Crippen molar-refractivity contribution in [3.8, 4) is 0 Å². The largest absolute Gasteiger partial charge is 0.401 e. The molecule has 1 aliphatic rings. The van der Waals surface area contributed by atoms with Crippen molar-refractivity contribution in [3.63, 3.8) is 0 Å². The average Bonchev–Trinajstić information content (AvgIpc) is 2.06. The van der Waals surface area contributed by atoms with Gasteiger partial charge in [0.2, 0.25) is 0 Å². The summed E-state index contributed by atoms with van der Waals surface area (Å²) >= 11 is 0. The monoisotopic (exact) mass is 83.1 g/mol. The molecule has 0 aliphatic carbocycles.